The first-order valence-corrected chi connectivity index (χ1v) is 7.04. The lowest BCUT2D eigenvalue weighted by molar-refractivity contribution is 0.407. The molecule has 2 aromatic rings. The van der Waals surface area contributed by atoms with E-state index in [-0.39, 0.29) is 5.41 Å². The van der Waals surface area contributed by atoms with Gasteiger partial charge in [0.1, 0.15) is 11.5 Å². The summed E-state index contributed by atoms with van der Waals surface area (Å²) in [6.45, 7) is 8.55. The van der Waals surface area contributed by atoms with Gasteiger partial charge in [-0.25, -0.2) is 0 Å². The zero-order valence-corrected chi connectivity index (χ0v) is 13.4. The van der Waals surface area contributed by atoms with Gasteiger partial charge in [0.15, 0.2) is 5.75 Å². The van der Waals surface area contributed by atoms with Crippen molar-refractivity contribution >= 4 is 5.69 Å². The SMILES string of the molecule is COc1ccc(N)c(Oc2cc(C)ccc2C(C)(C)C)c1. The molecular formula is C18H23NO2. The number of anilines is 1. The number of ether oxygens (including phenoxy) is 2. The molecule has 0 amide bonds. The van der Waals surface area contributed by atoms with Gasteiger partial charge >= 0.3 is 0 Å². The highest BCUT2D eigenvalue weighted by molar-refractivity contribution is 5.58. The highest BCUT2D eigenvalue weighted by Crippen LogP contribution is 2.37. The Kier molecular flexibility index (Phi) is 4.12. The van der Waals surface area contributed by atoms with Gasteiger partial charge in [-0.2, -0.15) is 0 Å². The molecular weight excluding hydrogens is 262 g/mol. The molecule has 0 aliphatic heterocycles. The van der Waals surface area contributed by atoms with Crippen LogP contribution in [0.2, 0.25) is 0 Å². The molecule has 2 aromatic carbocycles. The average Bonchev–Trinajstić information content (AvgIpc) is 2.40. The molecule has 3 heteroatoms. The third-order valence-electron chi connectivity index (χ3n) is 3.39. The zero-order chi connectivity index (χ0) is 15.6. The predicted octanol–water partition coefficient (Wildman–Crippen LogP) is 4.68. The third kappa shape index (κ3) is 3.48. The maximum atomic E-state index is 6.09. The van der Waals surface area contributed by atoms with Gasteiger partial charge in [-0.05, 0) is 36.1 Å². The summed E-state index contributed by atoms with van der Waals surface area (Å²) < 4.78 is 11.3. The number of hydrogen-bond acceptors (Lipinski definition) is 3. The molecule has 2 rings (SSSR count). The fourth-order valence-corrected chi connectivity index (χ4v) is 2.18. The number of aryl methyl sites for hydroxylation is 1. The number of nitrogen functional groups attached to an aromatic ring is 1. The minimum Gasteiger partial charge on any atom is -0.497 e. The minimum absolute atomic E-state index is 0.00331. The summed E-state index contributed by atoms with van der Waals surface area (Å²) in [6.07, 6.45) is 0. The molecule has 0 saturated heterocycles. The Morgan fingerprint density at radius 3 is 2.29 bits per heavy atom. The van der Waals surface area contributed by atoms with Gasteiger partial charge in [0.2, 0.25) is 0 Å². The Morgan fingerprint density at radius 2 is 1.67 bits per heavy atom. The van der Waals surface area contributed by atoms with Crippen molar-refractivity contribution in [2.24, 2.45) is 0 Å². The van der Waals surface area contributed by atoms with Gasteiger partial charge in [-0.3, -0.25) is 0 Å². The molecule has 0 unspecified atom stereocenters. The Balaban J connectivity index is 2.46. The van der Waals surface area contributed by atoms with Crippen LogP contribution in [0.5, 0.6) is 17.2 Å². The van der Waals surface area contributed by atoms with Crippen molar-refractivity contribution in [1.82, 2.24) is 0 Å². The molecule has 0 atom stereocenters. The van der Waals surface area contributed by atoms with Gasteiger partial charge in [0, 0.05) is 11.6 Å². The summed E-state index contributed by atoms with van der Waals surface area (Å²) in [5.41, 5.74) is 8.90. The average molecular weight is 285 g/mol. The van der Waals surface area contributed by atoms with E-state index in [0.717, 1.165) is 22.6 Å². The summed E-state index contributed by atoms with van der Waals surface area (Å²) in [5.74, 6) is 2.18. The number of nitrogens with two attached hydrogens (primary N) is 1. The van der Waals surface area contributed by atoms with Crippen LogP contribution in [0.25, 0.3) is 0 Å². The van der Waals surface area contributed by atoms with Crippen molar-refractivity contribution in [2.75, 3.05) is 12.8 Å². The van der Waals surface area contributed by atoms with Crippen LogP contribution in [0.3, 0.4) is 0 Å². The lowest BCUT2D eigenvalue weighted by atomic mass is 9.86. The Morgan fingerprint density at radius 1 is 0.952 bits per heavy atom. The van der Waals surface area contributed by atoms with E-state index in [1.807, 2.05) is 25.1 Å². The smallest absolute Gasteiger partial charge is 0.154 e. The van der Waals surface area contributed by atoms with Crippen molar-refractivity contribution in [3.63, 3.8) is 0 Å². The van der Waals surface area contributed by atoms with Crippen LogP contribution < -0.4 is 15.2 Å². The molecule has 3 nitrogen and oxygen atoms in total. The maximum Gasteiger partial charge on any atom is 0.154 e. The highest BCUT2D eigenvalue weighted by Gasteiger charge is 2.20. The number of hydrogen-bond donors (Lipinski definition) is 1. The number of methoxy groups -OCH3 is 1. The van der Waals surface area contributed by atoms with Gasteiger partial charge in [-0.15, -0.1) is 0 Å². The van der Waals surface area contributed by atoms with Crippen LogP contribution in [0.15, 0.2) is 36.4 Å². The lowest BCUT2D eigenvalue weighted by Crippen LogP contribution is -2.12. The second-order valence-electron chi connectivity index (χ2n) is 6.26. The van der Waals surface area contributed by atoms with E-state index in [0.29, 0.717) is 11.4 Å². The van der Waals surface area contributed by atoms with E-state index in [1.165, 1.54) is 0 Å². The first-order valence-electron chi connectivity index (χ1n) is 7.04. The summed E-state index contributed by atoms with van der Waals surface area (Å²) in [6, 6.07) is 11.7. The predicted molar refractivity (Wildman–Crippen MR) is 87.4 cm³/mol. The van der Waals surface area contributed by atoms with E-state index in [1.54, 1.807) is 13.2 Å². The molecule has 112 valence electrons. The fourth-order valence-electron chi connectivity index (χ4n) is 2.18. The molecule has 21 heavy (non-hydrogen) atoms. The van der Waals surface area contributed by atoms with E-state index < -0.39 is 0 Å². The normalized spacial score (nSPS) is 11.3. The van der Waals surface area contributed by atoms with Gasteiger partial charge in [0.05, 0.1) is 12.8 Å². The van der Waals surface area contributed by atoms with Crippen LogP contribution in [0.1, 0.15) is 31.9 Å². The topological polar surface area (TPSA) is 44.5 Å². The first kappa shape index (κ1) is 15.2. The molecule has 0 aliphatic rings. The van der Waals surface area contributed by atoms with E-state index in [4.69, 9.17) is 15.2 Å². The quantitative estimate of drug-likeness (QED) is 0.833. The minimum atomic E-state index is -0.00331. The van der Waals surface area contributed by atoms with Gasteiger partial charge in [-0.1, -0.05) is 32.9 Å². The summed E-state index contributed by atoms with van der Waals surface area (Å²) in [5, 5.41) is 0. The first-order chi connectivity index (χ1) is 9.81. The van der Waals surface area contributed by atoms with Crippen molar-refractivity contribution < 1.29 is 9.47 Å². The molecule has 0 aliphatic carbocycles. The molecule has 0 aromatic heterocycles. The molecule has 0 radical (unpaired) electrons. The van der Waals surface area contributed by atoms with Crippen LogP contribution in [0.4, 0.5) is 5.69 Å². The zero-order valence-electron chi connectivity index (χ0n) is 13.4. The maximum absolute atomic E-state index is 6.09. The van der Waals surface area contributed by atoms with Crippen molar-refractivity contribution in [2.45, 2.75) is 33.1 Å². The summed E-state index contributed by atoms with van der Waals surface area (Å²) in [7, 11) is 1.63. The monoisotopic (exact) mass is 285 g/mol. The van der Waals surface area contributed by atoms with Crippen LogP contribution >= 0.6 is 0 Å². The van der Waals surface area contributed by atoms with Crippen LogP contribution in [0, 0.1) is 6.92 Å². The molecule has 0 heterocycles. The van der Waals surface area contributed by atoms with E-state index in [2.05, 4.69) is 32.9 Å². The molecule has 0 saturated carbocycles. The largest absolute Gasteiger partial charge is 0.497 e. The fraction of sp³-hybridized carbons (Fsp3) is 0.333. The third-order valence-corrected chi connectivity index (χ3v) is 3.39. The number of rotatable bonds is 3. The van der Waals surface area contributed by atoms with Crippen molar-refractivity contribution in [3.8, 4) is 17.2 Å². The second-order valence-corrected chi connectivity index (χ2v) is 6.26. The Bertz CT molecular complexity index is 642. The van der Waals surface area contributed by atoms with Gasteiger partial charge in [0.25, 0.3) is 0 Å². The van der Waals surface area contributed by atoms with Crippen molar-refractivity contribution in [3.05, 3.63) is 47.5 Å². The van der Waals surface area contributed by atoms with E-state index >= 15 is 0 Å². The highest BCUT2D eigenvalue weighted by atomic mass is 16.5. The van der Waals surface area contributed by atoms with Gasteiger partial charge < -0.3 is 15.2 Å². The second kappa shape index (κ2) is 5.68. The van der Waals surface area contributed by atoms with Crippen LogP contribution in [-0.2, 0) is 5.41 Å². The molecule has 0 fully saturated rings. The summed E-state index contributed by atoms with van der Waals surface area (Å²) in [4.78, 5) is 0. The summed E-state index contributed by atoms with van der Waals surface area (Å²) >= 11 is 0. The molecule has 0 bridgehead atoms. The standard InChI is InChI=1S/C18H23NO2/c1-12-6-8-14(18(2,3)4)16(10-12)21-17-11-13(20-5)7-9-15(17)19/h6-11H,19H2,1-5H3. The molecule has 0 spiro atoms. The van der Waals surface area contributed by atoms with Crippen molar-refractivity contribution in [1.29, 1.82) is 0 Å². The number of benzene rings is 2. The molecule has 2 N–H and O–H groups in total. The lowest BCUT2D eigenvalue weighted by Gasteiger charge is -2.23. The Hall–Kier alpha value is -2.16. The van der Waals surface area contributed by atoms with E-state index in [9.17, 15) is 0 Å². The van der Waals surface area contributed by atoms with Crippen LogP contribution in [-0.4, -0.2) is 7.11 Å². The Labute approximate surface area is 126 Å².